The number of nitriles is 3. The van der Waals surface area contributed by atoms with Gasteiger partial charge in [0.25, 0.3) is 0 Å². The summed E-state index contributed by atoms with van der Waals surface area (Å²) in [6.45, 7) is 2.08. The van der Waals surface area contributed by atoms with E-state index in [0.717, 1.165) is 12.8 Å². The highest BCUT2D eigenvalue weighted by Crippen LogP contribution is 2.70. The van der Waals surface area contributed by atoms with Crippen molar-refractivity contribution in [1.29, 1.82) is 21.2 Å². The molecule has 5 atom stereocenters. The Labute approximate surface area is 168 Å². The van der Waals surface area contributed by atoms with Crippen molar-refractivity contribution in [2.24, 2.45) is 22.7 Å². The normalized spacial score (nSPS) is 37.7. The molecule has 3 fully saturated rings. The second-order valence-corrected chi connectivity index (χ2v) is 8.28. The van der Waals surface area contributed by atoms with Crippen LogP contribution >= 0.6 is 11.6 Å². The summed E-state index contributed by atoms with van der Waals surface area (Å²) in [5.41, 5.74) is -3.00. The monoisotopic (exact) mass is 394 g/mol. The molecule has 2 bridgehead atoms. The Bertz CT molecular complexity index is 943. The lowest BCUT2D eigenvalue weighted by atomic mass is 9.50. The fourth-order valence-corrected chi connectivity index (χ4v) is 5.35. The number of rotatable bonds is 2. The van der Waals surface area contributed by atoms with E-state index in [0.29, 0.717) is 29.3 Å². The molecule has 3 aliphatic rings. The molecule has 0 aromatic heterocycles. The van der Waals surface area contributed by atoms with Crippen LogP contribution in [-0.2, 0) is 9.47 Å². The van der Waals surface area contributed by atoms with Gasteiger partial charge in [-0.2, -0.15) is 15.8 Å². The number of ether oxygens (including phenoxy) is 2. The van der Waals surface area contributed by atoms with Gasteiger partial charge >= 0.3 is 0 Å². The third-order valence-corrected chi connectivity index (χ3v) is 7.02. The molecule has 2 aliphatic heterocycles. The van der Waals surface area contributed by atoms with Gasteiger partial charge in [-0.25, -0.2) is 0 Å². The molecule has 1 aromatic rings. The Hall–Kier alpha value is -2.59. The van der Waals surface area contributed by atoms with Gasteiger partial charge in [-0.1, -0.05) is 37.1 Å². The molecular weight excluding hydrogens is 376 g/mol. The summed E-state index contributed by atoms with van der Waals surface area (Å²) in [6, 6.07) is 13.1. The fourth-order valence-electron chi connectivity index (χ4n) is 5.23. The molecule has 1 aliphatic carbocycles. The smallest absolute Gasteiger partial charge is 0.217 e. The van der Waals surface area contributed by atoms with Gasteiger partial charge in [-0.15, -0.1) is 0 Å². The van der Waals surface area contributed by atoms with Gasteiger partial charge in [-0.05, 0) is 36.5 Å². The number of hydrogen-bond donors (Lipinski definition) is 1. The van der Waals surface area contributed by atoms with Gasteiger partial charge in [0, 0.05) is 11.4 Å². The number of benzene rings is 1. The molecule has 0 amide bonds. The maximum atomic E-state index is 10.3. The van der Waals surface area contributed by atoms with Crippen molar-refractivity contribution in [3.8, 4) is 18.2 Å². The molecule has 2 saturated heterocycles. The lowest BCUT2D eigenvalue weighted by Crippen LogP contribution is -2.61. The van der Waals surface area contributed by atoms with E-state index in [1.807, 2.05) is 0 Å². The molecule has 28 heavy (non-hydrogen) atoms. The van der Waals surface area contributed by atoms with Gasteiger partial charge < -0.3 is 9.47 Å². The van der Waals surface area contributed by atoms with Crippen LogP contribution in [0.25, 0.3) is 0 Å². The topological polar surface area (TPSA) is 114 Å². The zero-order valence-corrected chi connectivity index (χ0v) is 16.2. The fraction of sp³-hybridized carbons (Fsp3) is 0.524. The van der Waals surface area contributed by atoms with E-state index in [-0.39, 0.29) is 5.90 Å². The number of hydrogen-bond acceptors (Lipinski definition) is 6. The lowest BCUT2D eigenvalue weighted by Gasteiger charge is -2.52. The molecule has 0 spiro atoms. The van der Waals surface area contributed by atoms with E-state index in [4.69, 9.17) is 26.5 Å². The summed E-state index contributed by atoms with van der Waals surface area (Å²) in [5, 5.41) is 39.7. The van der Waals surface area contributed by atoms with Crippen LogP contribution in [0.15, 0.2) is 24.3 Å². The Morgan fingerprint density at radius 1 is 1.18 bits per heavy atom. The lowest BCUT2D eigenvalue weighted by molar-refractivity contribution is -0.299. The molecule has 4 rings (SSSR count). The van der Waals surface area contributed by atoms with Crippen molar-refractivity contribution in [3.63, 3.8) is 0 Å². The van der Waals surface area contributed by atoms with Crippen LogP contribution in [0.1, 0.15) is 44.3 Å². The van der Waals surface area contributed by atoms with Gasteiger partial charge in [-0.3, -0.25) is 5.41 Å². The molecule has 5 unspecified atom stereocenters. The Kier molecular flexibility index (Phi) is 4.16. The van der Waals surface area contributed by atoms with E-state index >= 15 is 0 Å². The van der Waals surface area contributed by atoms with E-state index in [1.54, 1.807) is 24.3 Å². The minimum atomic E-state index is -1.90. The van der Waals surface area contributed by atoms with Crippen molar-refractivity contribution in [1.82, 2.24) is 0 Å². The van der Waals surface area contributed by atoms with E-state index < -0.39 is 28.6 Å². The predicted octanol–water partition coefficient (Wildman–Crippen LogP) is 4.48. The van der Waals surface area contributed by atoms with Crippen molar-refractivity contribution in [2.75, 3.05) is 0 Å². The molecule has 1 aromatic carbocycles. The largest absolute Gasteiger partial charge is 0.447 e. The molecular formula is C21H19ClN4O2. The summed E-state index contributed by atoms with van der Waals surface area (Å²) in [6.07, 6.45) is 1.87. The molecule has 1 N–H and O–H groups in total. The highest BCUT2D eigenvalue weighted by molar-refractivity contribution is 6.30. The summed E-state index contributed by atoms with van der Waals surface area (Å²) in [4.78, 5) is 0. The standard InChI is InChI=1S/C21H19ClN4O2/c1-2-13-7-8-21-16(9-13)20(12-25,18(26)28-21)19(10-23,11-24)17(27-21)14-3-5-15(22)6-4-14/h3-6,13,16-17,26H,2,7-9H2,1H3. The number of nitrogens with one attached hydrogen (secondary N) is 1. The first-order valence-electron chi connectivity index (χ1n) is 9.38. The van der Waals surface area contributed by atoms with Gasteiger partial charge in [0.1, 0.15) is 6.10 Å². The first-order valence-corrected chi connectivity index (χ1v) is 9.76. The van der Waals surface area contributed by atoms with Gasteiger partial charge in [0.2, 0.25) is 17.1 Å². The first-order chi connectivity index (χ1) is 13.4. The van der Waals surface area contributed by atoms with Crippen LogP contribution in [0.5, 0.6) is 0 Å². The van der Waals surface area contributed by atoms with Crippen LogP contribution in [0, 0.1) is 62.1 Å². The highest BCUT2D eigenvalue weighted by Gasteiger charge is 2.80. The zero-order valence-electron chi connectivity index (χ0n) is 15.4. The molecule has 2 heterocycles. The Balaban J connectivity index is 1.96. The van der Waals surface area contributed by atoms with E-state index in [1.165, 1.54) is 0 Å². The molecule has 6 nitrogen and oxygen atoms in total. The third-order valence-electron chi connectivity index (χ3n) is 6.77. The van der Waals surface area contributed by atoms with E-state index in [9.17, 15) is 15.8 Å². The molecule has 142 valence electrons. The average Bonchev–Trinajstić information content (AvgIpc) is 2.92. The summed E-state index contributed by atoms with van der Waals surface area (Å²) < 4.78 is 12.3. The Morgan fingerprint density at radius 2 is 1.86 bits per heavy atom. The molecule has 7 heteroatoms. The summed E-state index contributed by atoms with van der Waals surface area (Å²) >= 11 is 6.00. The quantitative estimate of drug-likeness (QED) is 0.793. The average molecular weight is 395 g/mol. The van der Waals surface area contributed by atoms with Crippen molar-refractivity contribution in [2.45, 2.75) is 44.5 Å². The third kappa shape index (κ3) is 2.07. The maximum absolute atomic E-state index is 10.3. The van der Waals surface area contributed by atoms with Crippen molar-refractivity contribution in [3.05, 3.63) is 34.9 Å². The van der Waals surface area contributed by atoms with Crippen LogP contribution in [-0.4, -0.2) is 11.7 Å². The summed E-state index contributed by atoms with van der Waals surface area (Å²) in [7, 11) is 0. The van der Waals surface area contributed by atoms with E-state index in [2.05, 4.69) is 25.1 Å². The SMILES string of the molecule is CCC1CCC23OC(=N)C(C#N)(C2C1)C(C#N)(C#N)C(c1ccc(Cl)cc1)O3. The molecule has 1 saturated carbocycles. The van der Waals surface area contributed by atoms with Crippen LogP contribution in [0.3, 0.4) is 0 Å². The minimum Gasteiger partial charge on any atom is -0.447 e. The predicted molar refractivity (Wildman–Crippen MR) is 99.6 cm³/mol. The second kappa shape index (κ2) is 6.21. The van der Waals surface area contributed by atoms with Crippen LogP contribution < -0.4 is 0 Å². The number of halogens is 1. The minimum absolute atomic E-state index is 0.323. The first kappa shape index (κ1) is 18.8. The van der Waals surface area contributed by atoms with Gasteiger partial charge in [0.15, 0.2) is 5.41 Å². The Morgan fingerprint density at radius 3 is 2.43 bits per heavy atom. The maximum Gasteiger partial charge on any atom is 0.217 e. The van der Waals surface area contributed by atoms with Gasteiger partial charge in [0.05, 0.1) is 24.1 Å². The zero-order chi connectivity index (χ0) is 20.2. The van der Waals surface area contributed by atoms with Crippen LogP contribution in [0.2, 0.25) is 5.02 Å². The van der Waals surface area contributed by atoms with Crippen molar-refractivity contribution < 1.29 is 9.47 Å². The second-order valence-electron chi connectivity index (χ2n) is 7.85. The highest BCUT2D eigenvalue weighted by atomic mass is 35.5. The molecule has 0 radical (unpaired) electrons. The van der Waals surface area contributed by atoms with Crippen LogP contribution in [0.4, 0.5) is 0 Å². The number of nitrogens with zero attached hydrogens (tertiary/aromatic N) is 3. The summed E-state index contributed by atoms with van der Waals surface area (Å²) in [5.74, 6) is -1.67. The van der Waals surface area contributed by atoms with Crippen molar-refractivity contribution >= 4 is 17.5 Å².